The second-order valence-electron chi connectivity index (χ2n) is 3.36. The SMILES string of the molecule is Cc1noc(C)c1CNC(=O)c1cscn1. The fourth-order valence-corrected chi connectivity index (χ4v) is 1.87. The number of aromatic nitrogens is 2. The van der Waals surface area contributed by atoms with Gasteiger partial charge >= 0.3 is 0 Å². The van der Waals surface area contributed by atoms with E-state index in [1.165, 1.54) is 11.3 Å². The summed E-state index contributed by atoms with van der Waals surface area (Å²) in [4.78, 5) is 15.5. The molecule has 0 spiro atoms. The minimum Gasteiger partial charge on any atom is -0.361 e. The van der Waals surface area contributed by atoms with E-state index in [0.717, 1.165) is 17.0 Å². The third-order valence-electron chi connectivity index (χ3n) is 2.27. The molecule has 0 saturated carbocycles. The molecule has 0 aliphatic heterocycles. The van der Waals surface area contributed by atoms with Crippen LogP contribution in [0.2, 0.25) is 0 Å². The Labute approximate surface area is 96.5 Å². The number of carbonyl (C=O) groups is 1. The molecule has 0 fully saturated rings. The number of hydrogen-bond acceptors (Lipinski definition) is 5. The zero-order chi connectivity index (χ0) is 11.5. The van der Waals surface area contributed by atoms with Gasteiger partial charge in [0, 0.05) is 17.5 Å². The fraction of sp³-hybridized carbons (Fsp3) is 0.300. The minimum absolute atomic E-state index is 0.179. The molecule has 0 unspecified atom stereocenters. The number of thiazole rings is 1. The van der Waals surface area contributed by atoms with E-state index in [1.54, 1.807) is 10.9 Å². The number of rotatable bonds is 3. The Hall–Kier alpha value is -1.69. The van der Waals surface area contributed by atoms with Crippen LogP contribution in [-0.4, -0.2) is 16.0 Å². The lowest BCUT2D eigenvalue weighted by Crippen LogP contribution is -2.23. The summed E-state index contributed by atoms with van der Waals surface area (Å²) < 4.78 is 5.00. The van der Waals surface area contributed by atoms with Crippen LogP contribution in [0.3, 0.4) is 0 Å². The molecule has 1 N–H and O–H groups in total. The summed E-state index contributed by atoms with van der Waals surface area (Å²) in [5, 5.41) is 8.30. The van der Waals surface area contributed by atoms with Crippen molar-refractivity contribution in [2.45, 2.75) is 20.4 Å². The highest BCUT2D eigenvalue weighted by atomic mass is 32.1. The molecule has 6 heteroatoms. The van der Waals surface area contributed by atoms with E-state index in [0.29, 0.717) is 12.2 Å². The van der Waals surface area contributed by atoms with Gasteiger partial charge in [0.15, 0.2) is 0 Å². The van der Waals surface area contributed by atoms with E-state index < -0.39 is 0 Å². The number of hydrogen-bond donors (Lipinski definition) is 1. The van der Waals surface area contributed by atoms with Crippen molar-refractivity contribution in [3.8, 4) is 0 Å². The Bertz CT molecular complexity index is 471. The van der Waals surface area contributed by atoms with Crippen LogP contribution in [0.15, 0.2) is 15.4 Å². The predicted molar refractivity (Wildman–Crippen MR) is 59.3 cm³/mol. The summed E-state index contributed by atoms with van der Waals surface area (Å²) in [7, 11) is 0. The summed E-state index contributed by atoms with van der Waals surface area (Å²) in [6, 6.07) is 0. The van der Waals surface area contributed by atoms with Crippen LogP contribution in [0.1, 0.15) is 27.5 Å². The topological polar surface area (TPSA) is 68.0 Å². The second-order valence-corrected chi connectivity index (χ2v) is 4.08. The zero-order valence-electron chi connectivity index (χ0n) is 8.98. The Morgan fingerprint density at radius 1 is 1.56 bits per heavy atom. The summed E-state index contributed by atoms with van der Waals surface area (Å²) in [5.74, 6) is 0.553. The van der Waals surface area contributed by atoms with Gasteiger partial charge in [-0.3, -0.25) is 4.79 Å². The van der Waals surface area contributed by atoms with Crippen molar-refractivity contribution in [2.75, 3.05) is 0 Å². The Morgan fingerprint density at radius 3 is 2.94 bits per heavy atom. The van der Waals surface area contributed by atoms with Gasteiger partial charge in [-0.1, -0.05) is 5.16 Å². The first-order chi connectivity index (χ1) is 7.68. The summed E-state index contributed by atoms with van der Waals surface area (Å²) in [6.07, 6.45) is 0. The van der Waals surface area contributed by atoms with Gasteiger partial charge in [-0.25, -0.2) is 4.98 Å². The highest BCUT2D eigenvalue weighted by Crippen LogP contribution is 2.11. The van der Waals surface area contributed by atoms with Gasteiger partial charge in [-0.05, 0) is 13.8 Å². The Kier molecular flexibility index (Phi) is 3.00. The lowest BCUT2D eigenvalue weighted by atomic mass is 10.2. The molecule has 0 radical (unpaired) electrons. The molecule has 2 rings (SSSR count). The summed E-state index contributed by atoms with van der Waals surface area (Å²) in [5.41, 5.74) is 3.79. The predicted octanol–water partition coefficient (Wildman–Crippen LogP) is 1.68. The van der Waals surface area contributed by atoms with E-state index in [4.69, 9.17) is 4.52 Å². The molecular weight excluding hydrogens is 226 g/mol. The van der Waals surface area contributed by atoms with Gasteiger partial charge in [-0.15, -0.1) is 11.3 Å². The zero-order valence-corrected chi connectivity index (χ0v) is 9.80. The first-order valence-corrected chi connectivity index (χ1v) is 5.71. The number of amides is 1. The van der Waals surface area contributed by atoms with Crippen molar-refractivity contribution < 1.29 is 9.32 Å². The van der Waals surface area contributed by atoms with Crippen LogP contribution in [0.25, 0.3) is 0 Å². The first kappa shape index (κ1) is 10.8. The van der Waals surface area contributed by atoms with Crippen molar-refractivity contribution in [3.05, 3.63) is 33.6 Å². The van der Waals surface area contributed by atoms with Gasteiger partial charge in [0.25, 0.3) is 5.91 Å². The highest BCUT2D eigenvalue weighted by Gasteiger charge is 2.12. The second kappa shape index (κ2) is 4.44. The average Bonchev–Trinajstić information content (AvgIpc) is 2.87. The molecule has 16 heavy (non-hydrogen) atoms. The quantitative estimate of drug-likeness (QED) is 0.881. The van der Waals surface area contributed by atoms with Gasteiger partial charge in [0.05, 0.1) is 11.2 Å². The smallest absolute Gasteiger partial charge is 0.271 e. The van der Waals surface area contributed by atoms with E-state index in [-0.39, 0.29) is 5.91 Å². The molecule has 1 amide bonds. The maximum atomic E-state index is 11.6. The van der Waals surface area contributed by atoms with Crippen LogP contribution >= 0.6 is 11.3 Å². The maximum absolute atomic E-state index is 11.6. The lowest BCUT2D eigenvalue weighted by molar-refractivity contribution is 0.0946. The van der Waals surface area contributed by atoms with Crippen LogP contribution < -0.4 is 5.32 Å². The molecule has 2 aromatic heterocycles. The standard InChI is InChI=1S/C10H11N3O2S/c1-6-8(7(2)15-13-6)3-11-10(14)9-4-16-5-12-9/h4-5H,3H2,1-2H3,(H,11,14). The lowest BCUT2D eigenvalue weighted by Gasteiger charge is -2.02. The van der Waals surface area contributed by atoms with E-state index in [1.807, 2.05) is 13.8 Å². The van der Waals surface area contributed by atoms with Gasteiger partial charge < -0.3 is 9.84 Å². The molecule has 0 aromatic carbocycles. The first-order valence-electron chi connectivity index (χ1n) is 4.76. The number of nitrogens with zero attached hydrogens (tertiary/aromatic N) is 2. The molecule has 0 bridgehead atoms. The van der Waals surface area contributed by atoms with E-state index >= 15 is 0 Å². The van der Waals surface area contributed by atoms with Gasteiger partial charge in [-0.2, -0.15) is 0 Å². The molecule has 0 aliphatic rings. The summed E-state index contributed by atoms with van der Waals surface area (Å²) >= 11 is 1.39. The molecule has 0 aliphatic carbocycles. The molecule has 0 atom stereocenters. The van der Waals surface area contributed by atoms with Crippen molar-refractivity contribution in [1.29, 1.82) is 0 Å². The fourth-order valence-electron chi connectivity index (χ4n) is 1.34. The Morgan fingerprint density at radius 2 is 2.38 bits per heavy atom. The summed E-state index contributed by atoms with van der Waals surface area (Å²) in [6.45, 7) is 4.09. The maximum Gasteiger partial charge on any atom is 0.271 e. The van der Waals surface area contributed by atoms with Crippen molar-refractivity contribution in [1.82, 2.24) is 15.5 Å². The molecule has 2 heterocycles. The normalized spacial score (nSPS) is 10.4. The largest absolute Gasteiger partial charge is 0.361 e. The monoisotopic (exact) mass is 237 g/mol. The molecule has 0 saturated heterocycles. The van der Waals surface area contributed by atoms with Crippen LogP contribution in [0.4, 0.5) is 0 Å². The van der Waals surface area contributed by atoms with Crippen LogP contribution in [0, 0.1) is 13.8 Å². The molecule has 84 valence electrons. The van der Waals surface area contributed by atoms with E-state index in [2.05, 4.69) is 15.5 Å². The van der Waals surface area contributed by atoms with Gasteiger partial charge in [0.1, 0.15) is 11.5 Å². The Balaban J connectivity index is 2.01. The van der Waals surface area contributed by atoms with Crippen LogP contribution in [0.5, 0.6) is 0 Å². The third kappa shape index (κ3) is 2.11. The van der Waals surface area contributed by atoms with Crippen molar-refractivity contribution in [2.24, 2.45) is 0 Å². The molecule has 2 aromatic rings. The third-order valence-corrected chi connectivity index (χ3v) is 2.86. The number of nitrogens with one attached hydrogen (secondary N) is 1. The highest BCUT2D eigenvalue weighted by molar-refractivity contribution is 7.07. The van der Waals surface area contributed by atoms with Gasteiger partial charge in [0.2, 0.25) is 0 Å². The molecular formula is C10H11N3O2S. The number of carbonyl (C=O) groups excluding carboxylic acids is 1. The van der Waals surface area contributed by atoms with Crippen LogP contribution in [-0.2, 0) is 6.54 Å². The molecule has 5 nitrogen and oxygen atoms in total. The van der Waals surface area contributed by atoms with Crippen molar-refractivity contribution >= 4 is 17.2 Å². The minimum atomic E-state index is -0.179. The van der Waals surface area contributed by atoms with E-state index in [9.17, 15) is 4.79 Å². The number of aryl methyl sites for hydroxylation is 2. The van der Waals surface area contributed by atoms with Crippen molar-refractivity contribution in [3.63, 3.8) is 0 Å². The average molecular weight is 237 g/mol.